The summed E-state index contributed by atoms with van der Waals surface area (Å²) in [4.78, 5) is 35.4. The number of hydrogen-bond donors (Lipinski definition) is 0. The van der Waals surface area contributed by atoms with Crippen molar-refractivity contribution in [2.45, 2.75) is 26.4 Å². The van der Waals surface area contributed by atoms with Crippen LogP contribution in [0.15, 0.2) is 15.7 Å². The molecule has 2 aliphatic rings. The van der Waals surface area contributed by atoms with Crippen molar-refractivity contribution in [1.29, 1.82) is 0 Å². The maximum atomic E-state index is 12.1. The number of carbonyl (C=O) groups is 3. The maximum Gasteiger partial charge on any atom is 0.354 e. The molecule has 108 valence electrons. The molecule has 0 unspecified atom stereocenters. The van der Waals surface area contributed by atoms with Crippen LogP contribution in [0.3, 0.4) is 0 Å². The maximum absolute atomic E-state index is 12.1. The summed E-state index contributed by atoms with van der Waals surface area (Å²) in [6, 6.07) is 0. The van der Waals surface area contributed by atoms with Gasteiger partial charge in [0.25, 0.3) is 5.91 Å². The van der Waals surface area contributed by atoms with Gasteiger partial charge in [0, 0.05) is 6.42 Å². The fourth-order valence-corrected chi connectivity index (χ4v) is 2.73. The van der Waals surface area contributed by atoms with E-state index in [-0.39, 0.29) is 35.5 Å². The Morgan fingerprint density at radius 1 is 1.35 bits per heavy atom. The monoisotopic (exact) mass is 298 g/mol. The van der Waals surface area contributed by atoms with E-state index in [0.717, 1.165) is 5.01 Å². The van der Waals surface area contributed by atoms with E-state index in [2.05, 4.69) is 9.84 Å². The molecule has 0 N–H and O–H groups in total. The molecule has 2 aliphatic heterocycles. The van der Waals surface area contributed by atoms with Crippen LogP contribution in [0.1, 0.15) is 20.3 Å². The normalized spacial score (nSPS) is 18.1. The number of hydrazone groups is 1. The lowest BCUT2D eigenvalue weighted by Crippen LogP contribution is -2.32. The van der Waals surface area contributed by atoms with Crippen LogP contribution in [-0.4, -0.2) is 47.5 Å². The second-order valence-electron chi connectivity index (χ2n) is 4.45. The van der Waals surface area contributed by atoms with E-state index in [1.165, 1.54) is 18.9 Å². The SMILES string of the molecule is COC(=O)C1=NN2C(=O)CSC2=C(C(=O)OC(C)C)C1. The lowest BCUT2D eigenvalue weighted by Gasteiger charge is -2.22. The van der Waals surface area contributed by atoms with Gasteiger partial charge >= 0.3 is 11.9 Å². The Balaban J connectivity index is 2.34. The first-order chi connectivity index (χ1) is 9.43. The molecule has 2 heterocycles. The Morgan fingerprint density at radius 2 is 2.05 bits per heavy atom. The molecule has 0 aromatic heterocycles. The fraction of sp³-hybridized carbons (Fsp3) is 0.500. The van der Waals surface area contributed by atoms with Crippen LogP contribution >= 0.6 is 11.8 Å². The van der Waals surface area contributed by atoms with Crippen molar-refractivity contribution in [2.75, 3.05) is 12.9 Å². The van der Waals surface area contributed by atoms with Gasteiger partial charge in [-0.3, -0.25) is 4.79 Å². The Morgan fingerprint density at radius 3 is 2.65 bits per heavy atom. The highest BCUT2D eigenvalue weighted by Gasteiger charge is 2.38. The highest BCUT2D eigenvalue weighted by molar-refractivity contribution is 8.04. The van der Waals surface area contributed by atoms with Crippen LogP contribution in [0.4, 0.5) is 0 Å². The summed E-state index contributed by atoms with van der Waals surface area (Å²) >= 11 is 1.22. The second-order valence-corrected chi connectivity index (χ2v) is 5.41. The summed E-state index contributed by atoms with van der Waals surface area (Å²) in [6.45, 7) is 3.46. The number of carbonyl (C=O) groups excluding carboxylic acids is 3. The third kappa shape index (κ3) is 2.69. The summed E-state index contributed by atoms with van der Waals surface area (Å²) in [5, 5.41) is 5.47. The van der Waals surface area contributed by atoms with Crippen molar-refractivity contribution >= 4 is 35.3 Å². The van der Waals surface area contributed by atoms with E-state index >= 15 is 0 Å². The average Bonchev–Trinajstić information content (AvgIpc) is 2.78. The van der Waals surface area contributed by atoms with E-state index in [9.17, 15) is 14.4 Å². The third-order valence-electron chi connectivity index (χ3n) is 2.59. The lowest BCUT2D eigenvalue weighted by molar-refractivity contribution is -0.142. The first-order valence-corrected chi connectivity index (χ1v) is 6.98. The number of fused-ring (bicyclic) bond motifs is 1. The summed E-state index contributed by atoms with van der Waals surface area (Å²) in [5.74, 6) is -1.30. The van der Waals surface area contributed by atoms with Crippen molar-refractivity contribution in [2.24, 2.45) is 5.10 Å². The Labute approximate surface area is 120 Å². The standard InChI is InChI=1S/C12H14N2O5S/c1-6(2)19-11(16)7-4-8(12(17)18-3)13-14-9(15)5-20-10(7)14/h6H,4-5H2,1-3H3. The van der Waals surface area contributed by atoms with Gasteiger partial charge in [-0.2, -0.15) is 10.1 Å². The van der Waals surface area contributed by atoms with Gasteiger partial charge in [0.05, 0.1) is 24.5 Å². The minimum absolute atomic E-state index is 0.00431. The number of thioether (sulfide) groups is 1. The van der Waals surface area contributed by atoms with Crippen molar-refractivity contribution in [3.63, 3.8) is 0 Å². The molecule has 0 bridgehead atoms. The van der Waals surface area contributed by atoms with E-state index in [4.69, 9.17) is 4.74 Å². The van der Waals surface area contributed by atoms with Crippen LogP contribution in [0.2, 0.25) is 0 Å². The smallest absolute Gasteiger partial charge is 0.354 e. The van der Waals surface area contributed by atoms with Crippen molar-refractivity contribution in [3.05, 3.63) is 10.6 Å². The molecule has 1 amide bonds. The first-order valence-electron chi connectivity index (χ1n) is 5.99. The first kappa shape index (κ1) is 14.6. The van der Waals surface area contributed by atoms with E-state index in [1.807, 2.05) is 0 Å². The van der Waals surface area contributed by atoms with Gasteiger partial charge in [-0.25, -0.2) is 9.59 Å². The molecule has 0 spiro atoms. The molecule has 0 radical (unpaired) electrons. The minimum Gasteiger partial charge on any atom is -0.464 e. The van der Waals surface area contributed by atoms with Crippen LogP contribution in [0.5, 0.6) is 0 Å². The van der Waals surface area contributed by atoms with E-state index in [1.54, 1.807) is 13.8 Å². The van der Waals surface area contributed by atoms with Gasteiger partial charge in [-0.05, 0) is 13.8 Å². The van der Waals surface area contributed by atoms with Crippen molar-refractivity contribution in [3.8, 4) is 0 Å². The molecule has 8 heteroatoms. The van der Waals surface area contributed by atoms with Gasteiger partial charge in [0.1, 0.15) is 5.03 Å². The zero-order valence-corrected chi connectivity index (χ0v) is 12.2. The molecule has 0 aromatic carbocycles. The summed E-state index contributed by atoms with van der Waals surface area (Å²) < 4.78 is 9.73. The Kier molecular flexibility index (Phi) is 4.12. The zero-order chi connectivity index (χ0) is 14.9. The third-order valence-corrected chi connectivity index (χ3v) is 3.68. The highest BCUT2D eigenvalue weighted by Crippen LogP contribution is 2.36. The second kappa shape index (κ2) is 5.66. The molecule has 0 atom stereocenters. The number of rotatable bonds is 3. The summed E-state index contributed by atoms with van der Waals surface area (Å²) in [6.07, 6.45) is -0.281. The number of methoxy groups -OCH3 is 1. The molecular formula is C12H14N2O5S. The van der Waals surface area contributed by atoms with Crippen LogP contribution < -0.4 is 0 Å². The predicted octanol–water partition coefficient (Wildman–Crippen LogP) is 0.658. The molecule has 20 heavy (non-hydrogen) atoms. The number of nitrogens with zero attached hydrogens (tertiary/aromatic N) is 2. The van der Waals surface area contributed by atoms with E-state index < -0.39 is 11.9 Å². The molecule has 0 aromatic rings. The number of hydrogen-bond acceptors (Lipinski definition) is 7. The zero-order valence-electron chi connectivity index (χ0n) is 11.3. The number of amides is 1. The molecule has 1 saturated heterocycles. The van der Waals surface area contributed by atoms with Gasteiger partial charge in [-0.15, -0.1) is 0 Å². The molecule has 2 rings (SSSR count). The van der Waals surface area contributed by atoms with Gasteiger partial charge in [0.2, 0.25) is 0 Å². The topological polar surface area (TPSA) is 85.3 Å². The van der Waals surface area contributed by atoms with Gasteiger partial charge < -0.3 is 9.47 Å². The Bertz CT molecular complexity index is 538. The van der Waals surface area contributed by atoms with Crippen LogP contribution in [0, 0.1) is 0 Å². The largest absolute Gasteiger partial charge is 0.464 e. The molecule has 7 nitrogen and oxygen atoms in total. The van der Waals surface area contributed by atoms with Crippen LogP contribution in [0.25, 0.3) is 0 Å². The van der Waals surface area contributed by atoms with Crippen molar-refractivity contribution < 1.29 is 23.9 Å². The molecular weight excluding hydrogens is 284 g/mol. The van der Waals surface area contributed by atoms with Crippen LogP contribution in [-0.2, 0) is 23.9 Å². The van der Waals surface area contributed by atoms with Gasteiger partial charge in [-0.1, -0.05) is 11.8 Å². The highest BCUT2D eigenvalue weighted by atomic mass is 32.2. The summed E-state index contributed by atoms with van der Waals surface area (Å²) in [5.41, 5.74) is 0.285. The Hall–Kier alpha value is -1.83. The molecule has 0 aliphatic carbocycles. The molecule has 1 fully saturated rings. The number of ether oxygens (including phenoxy) is 2. The quantitative estimate of drug-likeness (QED) is 0.711. The molecule has 0 saturated carbocycles. The predicted molar refractivity (Wildman–Crippen MR) is 71.6 cm³/mol. The van der Waals surface area contributed by atoms with Crippen molar-refractivity contribution in [1.82, 2.24) is 5.01 Å². The van der Waals surface area contributed by atoms with E-state index in [0.29, 0.717) is 5.03 Å². The lowest BCUT2D eigenvalue weighted by atomic mass is 10.1. The van der Waals surface area contributed by atoms with Gasteiger partial charge in [0.15, 0.2) is 5.71 Å². The average molecular weight is 298 g/mol. The fourth-order valence-electron chi connectivity index (χ4n) is 1.76. The summed E-state index contributed by atoms with van der Waals surface area (Å²) in [7, 11) is 1.22. The number of esters is 2. The minimum atomic E-state index is -0.663.